The molecule has 7 nitrogen and oxygen atoms in total. The maximum Gasteiger partial charge on any atom is 0.315 e. The number of amides is 1. The molecular formula is C15H16N2O5. The second kappa shape index (κ2) is 6.38. The highest BCUT2D eigenvalue weighted by atomic mass is 16.6. The summed E-state index contributed by atoms with van der Waals surface area (Å²) in [5.41, 5.74) is 0.910. The summed E-state index contributed by atoms with van der Waals surface area (Å²) >= 11 is 0. The zero-order chi connectivity index (χ0) is 16.3. The summed E-state index contributed by atoms with van der Waals surface area (Å²) in [5, 5.41) is 13.3. The van der Waals surface area contributed by atoms with Gasteiger partial charge in [0.15, 0.2) is 0 Å². The van der Waals surface area contributed by atoms with Crippen molar-refractivity contribution in [2.45, 2.75) is 19.3 Å². The number of esters is 1. The van der Waals surface area contributed by atoms with E-state index in [1.54, 1.807) is 19.1 Å². The van der Waals surface area contributed by atoms with Crippen molar-refractivity contribution in [1.82, 2.24) is 5.32 Å². The number of carbonyl (C=O) groups is 2. The number of nitrogens with zero attached hydrogens (tertiary/aromatic N) is 1. The van der Waals surface area contributed by atoms with Gasteiger partial charge in [-0.15, -0.1) is 0 Å². The summed E-state index contributed by atoms with van der Waals surface area (Å²) in [5.74, 6) is -1.84. The Kier molecular flexibility index (Phi) is 4.55. The molecule has 0 bridgehead atoms. The number of rotatable bonds is 4. The molecular weight excluding hydrogens is 288 g/mol. The van der Waals surface area contributed by atoms with Crippen molar-refractivity contribution in [3.05, 3.63) is 52.2 Å². The van der Waals surface area contributed by atoms with Crippen LogP contribution in [-0.2, 0) is 14.3 Å². The van der Waals surface area contributed by atoms with Crippen LogP contribution < -0.4 is 5.32 Å². The first-order valence-corrected chi connectivity index (χ1v) is 6.83. The zero-order valence-electron chi connectivity index (χ0n) is 12.1. The Morgan fingerprint density at radius 2 is 2.09 bits per heavy atom. The van der Waals surface area contributed by atoms with Gasteiger partial charge in [-0.05, 0) is 12.5 Å². The monoisotopic (exact) mass is 304 g/mol. The minimum atomic E-state index is -0.695. The normalized spacial score (nSPS) is 21.1. The first-order valence-electron chi connectivity index (χ1n) is 6.83. The SMILES string of the molecule is C=C1NC(=O)CC(c2ccc([N+](=O)[O-])cc2)C1C(=O)OCC. The molecule has 0 spiro atoms. The van der Waals surface area contributed by atoms with Gasteiger partial charge in [-0.1, -0.05) is 18.7 Å². The number of ether oxygens (including phenoxy) is 1. The summed E-state index contributed by atoms with van der Waals surface area (Å²) in [7, 11) is 0. The Balaban J connectivity index is 2.34. The van der Waals surface area contributed by atoms with Gasteiger partial charge >= 0.3 is 5.97 Å². The molecule has 2 rings (SSSR count). The van der Waals surface area contributed by atoms with Gasteiger partial charge < -0.3 is 10.1 Å². The highest BCUT2D eigenvalue weighted by Gasteiger charge is 2.39. The van der Waals surface area contributed by atoms with E-state index in [0.717, 1.165) is 0 Å². The Labute approximate surface area is 127 Å². The summed E-state index contributed by atoms with van der Waals surface area (Å²) < 4.78 is 5.04. The van der Waals surface area contributed by atoms with Crippen LogP contribution in [0.2, 0.25) is 0 Å². The second-order valence-electron chi connectivity index (χ2n) is 4.96. The first-order chi connectivity index (χ1) is 10.4. The number of benzene rings is 1. The van der Waals surface area contributed by atoms with Crippen LogP contribution in [-0.4, -0.2) is 23.4 Å². The Hall–Kier alpha value is -2.70. The fourth-order valence-electron chi connectivity index (χ4n) is 2.56. The van der Waals surface area contributed by atoms with Crippen LogP contribution in [0.15, 0.2) is 36.5 Å². The molecule has 116 valence electrons. The lowest BCUT2D eigenvalue weighted by Gasteiger charge is -2.31. The summed E-state index contributed by atoms with van der Waals surface area (Å²) in [6, 6.07) is 5.82. The van der Waals surface area contributed by atoms with E-state index in [4.69, 9.17) is 4.74 Å². The quantitative estimate of drug-likeness (QED) is 0.520. The third kappa shape index (κ3) is 3.13. The van der Waals surface area contributed by atoms with Crippen molar-refractivity contribution in [2.75, 3.05) is 6.61 Å². The average Bonchev–Trinajstić information content (AvgIpc) is 2.46. The van der Waals surface area contributed by atoms with Gasteiger partial charge in [-0.25, -0.2) is 0 Å². The van der Waals surface area contributed by atoms with Crippen LogP contribution >= 0.6 is 0 Å². The molecule has 1 heterocycles. The van der Waals surface area contributed by atoms with Gasteiger partial charge in [-0.2, -0.15) is 0 Å². The molecule has 1 aliphatic rings. The molecule has 22 heavy (non-hydrogen) atoms. The molecule has 2 unspecified atom stereocenters. The van der Waals surface area contributed by atoms with Crippen molar-refractivity contribution < 1.29 is 19.2 Å². The summed E-state index contributed by atoms with van der Waals surface area (Å²) in [4.78, 5) is 34.1. The molecule has 2 atom stereocenters. The number of nitro groups is 1. The maximum atomic E-state index is 12.1. The number of nitro benzene ring substituents is 1. The predicted molar refractivity (Wildman–Crippen MR) is 77.9 cm³/mol. The lowest BCUT2D eigenvalue weighted by atomic mass is 9.79. The highest BCUT2D eigenvalue weighted by Crippen LogP contribution is 2.36. The molecule has 1 fully saturated rings. The molecule has 1 amide bonds. The summed E-state index contributed by atoms with van der Waals surface area (Å²) in [6.07, 6.45) is 0.0975. The van der Waals surface area contributed by atoms with Gasteiger partial charge in [0.2, 0.25) is 5.91 Å². The van der Waals surface area contributed by atoms with Crippen LogP contribution in [0.4, 0.5) is 5.69 Å². The van der Waals surface area contributed by atoms with Crippen LogP contribution in [0.3, 0.4) is 0 Å². The molecule has 0 radical (unpaired) electrons. The van der Waals surface area contributed by atoms with E-state index in [0.29, 0.717) is 5.56 Å². The van der Waals surface area contributed by atoms with Crippen LogP contribution in [0, 0.1) is 16.0 Å². The molecule has 1 N–H and O–H groups in total. The highest BCUT2D eigenvalue weighted by molar-refractivity contribution is 5.86. The van der Waals surface area contributed by atoms with E-state index < -0.39 is 22.7 Å². The van der Waals surface area contributed by atoms with Gasteiger partial charge in [0.25, 0.3) is 5.69 Å². The molecule has 1 aromatic carbocycles. The molecule has 1 saturated heterocycles. The van der Waals surface area contributed by atoms with E-state index in [9.17, 15) is 19.7 Å². The number of nitrogens with one attached hydrogen (secondary N) is 1. The lowest BCUT2D eigenvalue weighted by Crippen LogP contribution is -2.41. The minimum Gasteiger partial charge on any atom is -0.465 e. The van der Waals surface area contributed by atoms with Crippen molar-refractivity contribution in [3.8, 4) is 0 Å². The number of carbonyl (C=O) groups excluding carboxylic acids is 2. The molecule has 0 saturated carbocycles. The maximum absolute atomic E-state index is 12.1. The molecule has 1 aromatic rings. The minimum absolute atomic E-state index is 0.0458. The number of piperidine rings is 1. The Morgan fingerprint density at radius 1 is 1.45 bits per heavy atom. The lowest BCUT2D eigenvalue weighted by molar-refractivity contribution is -0.384. The third-order valence-corrected chi connectivity index (χ3v) is 3.56. The number of non-ortho nitro benzene ring substituents is 1. The molecule has 0 aromatic heterocycles. The first kappa shape index (κ1) is 15.7. The smallest absolute Gasteiger partial charge is 0.315 e. The van der Waals surface area contributed by atoms with Crippen LogP contribution in [0.5, 0.6) is 0 Å². The van der Waals surface area contributed by atoms with E-state index >= 15 is 0 Å². The van der Waals surface area contributed by atoms with Gasteiger partial charge in [0.1, 0.15) is 5.92 Å². The van der Waals surface area contributed by atoms with Crippen molar-refractivity contribution in [1.29, 1.82) is 0 Å². The van der Waals surface area contributed by atoms with E-state index in [1.165, 1.54) is 12.1 Å². The standard InChI is InChI=1S/C15H16N2O5/c1-3-22-15(19)14-9(2)16-13(18)8-12(14)10-4-6-11(7-5-10)17(20)21/h4-7,12,14H,2-3,8H2,1H3,(H,16,18). The topological polar surface area (TPSA) is 98.5 Å². The fraction of sp³-hybridized carbons (Fsp3) is 0.333. The van der Waals surface area contributed by atoms with Crippen molar-refractivity contribution >= 4 is 17.6 Å². The number of hydrogen-bond acceptors (Lipinski definition) is 5. The van der Waals surface area contributed by atoms with Gasteiger partial charge in [-0.3, -0.25) is 19.7 Å². The third-order valence-electron chi connectivity index (χ3n) is 3.56. The van der Waals surface area contributed by atoms with Crippen molar-refractivity contribution in [2.24, 2.45) is 5.92 Å². The Morgan fingerprint density at radius 3 is 2.64 bits per heavy atom. The number of hydrogen-bond donors (Lipinski definition) is 1. The van der Waals surface area contributed by atoms with E-state index in [2.05, 4.69) is 11.9 Å². The average molecular weight is 304 g/mol. The predicted octanol–water partition coefficient (Wildman–Crippen LogP) is 1.89. The van der Waals surface area contributed by atoms with Crippen LogP contribution in [0.1, 0.15) is 24.8 Å². The second-order valence-corrected chi connectivity index (χ2v) is 4.96. The van der Waals surface area contributed by atoms with E-state index in [-0.39, 0.29) is 30.3 Å². The van der Waals surface area contributed by atoms with E-state index in [1.807, 2.05) is 0 Å². The largest absolute Gasteiger partial charge is 0.465 e. The molecule has 0 aliphatic carbocycles. The fourth-order valence-corrected chi connectivity index (χ4v) is 2.56. The molecule has 7 heteroatoms. The van der Waals surface area contributed by atoms with Gasteiger partial charge in [0.05, 0.1) is 11.5 Å². The van der Waals surface area contributed by atoms with Crippen molar-refractivity contribution in [3.63, 3.8) is 0 Å². The van der Waals surface area contributed by atoms with Gasteiger partial charge in [0, 0.05) is 30.2 Å². The van der Waals surface area contributed by atoms with Crippen LogP contribution in [0.25, 0.3) is 0 Å². The zero-order valence-corrected chi connectivity index (χ0v) is 12.1. The molecule has 1 aliphatic heterocycles. The Bertz CT molecular complexity index is 623. The summed E-state index contributed by atoms with van der Waals surface area (Å²) in [6.45, 7) is 5.65.